The Morgan fingerprint density at radius 1 is 1.14 bits per heavy atom. The molecule has 1 fully saturated rings. The Kier molecular flexibility index (Phi) is 10.6. The van der Waals surface area contributed by atoms with Crippen LogP contribution in [0.1, 0.15) is 75.7 Å². The third kappa shape index (κ3) is 7.66. The fraction of sp³-hybridized carbons (Fsp3) is 0.469. The van der Waals surface area contributed by atoms with Crippen molar-refractivity contribution in [1.29, 1.82) is 0 Å². The van der Waals surface area contributed by atoms with E-state index in [1.54, 1.807) is 25.1 Å². The summed E-state index contributed by atoms with van der Waals surface area (Å²) in [4.78, 5) is 19.4. The van der Waals surface area contributed by atoms with Crippen LogP contribution >= 0.6 is 0 Å². The van der Waals surface area contributed by atoms with E-state index in [-0.39, 0.29) is 10.7 Å². The summed E-state index contributed by atoms with van der Waals surface area (Å²) in [5.41, 5.74) is 2.67. The second-order valence-corrected chi connectivity index (χ2v) is 12.6. The number of hydrogen-bond donors (Lipinski definition) is 1. The molecule has 10 heteroatoms. The Labute approximate surface area is 249 Å². The molecule has 1 saturated carbocycles. The predicted molar refractivity (Wildman–Crippen MR) is 165 cm³/mol. The molecule has 1 N–H and O–H groups in total. The summed E-state index contributed by atoms with van der Waals surface area (Å²) in [7, 11) is -1.93. The second kappa shape index (κ2) is 14.1. The average molecular weight is 595 g/mol. The Morgan fingerprint density at radius 2 is 1.90 bits per heavy atom. The lowest BCUT2D eigenvalue weighted by Crippen LogP contribution is -2.33. The first-order valence-corrected chi connectivity index (χ1v) is 16.2. The van der Waals surface area contributed by atoms with Crippen LogP contribution in [0.3, 0.4) is 0 Å². The summed E-state index contributed by atoms with van der Waals surface area (Å²) in [6, 6.07) is 14.5. The topological polar surface area (TPSA) is 114 Å². The largest absolute Gasteiger partial charge is 0.377 e. The van der Waals surface area contributed by atoms with E-state index in [9.17, 15) is 13.2 Å². The molecule has 0 saturated heterocycles. The van der Waals surface area contributed by atoms with Crippen LogP contribution in [0.5, 0.6) is 0 Å². The number of aromatic nitrogens is 1. The number of unbranched alkanes of at least 4 members (excludes halogenated alkanes) is 1. The molecule has 1 aliphatic carbocycles. The van der Waals surface area contributed by atoms with Gasteiger partial charge in [0.15, 0.2) is 5.82 Å². The number of carbonyl (C=O) groups is 1. The number of benzene rings is 2. The first-order chi connectivity index (χ1) is 20.2. The fourth-order valence-electron chi connectivity index (χ4n) is 5.40. The van der Waals surface area contributed by atoms with Crippen LogP contribution in [-0.4, -0.2) is 49.8 Å². The minimum atomic E-state index is -3.95. The van der Waals surface area contributed by atoms with Gasteiger partial charge in [-0.1, -0.05) is 67.7 Å². The SMILES string of the molecule is CCCCC(=NC1(C=O)CCCC1)N(C)Cc1ccc(-c2ccccc2S(=O)(=O)Nc2cc(C)on2)c(COCC)c1. The van der Waals surface area contributed by atoms with Crippen LogP contribution in [0.2, 0.25) is 0 Å². The number of aliphatic imine (C=N–C) groups is 1. The van der Waals surface area contributed by atoms with Crippen molar-refractivity contribution in [3.8, 4) is 11.1 Å². The molecule has 226 valence electrons. The normalized spacial score (nSPS) is 15.1. The number of nitrogens with zero attached hydrogens (tertiary/aromatic N) is 3. The van der Waals surface area contributed by atoms with Gasteiger partial charge >= 0.3 is 0 Å². The van der Waals surface area contributed by atoms with E-state index in [0.717, 1.165) is 73.8 Å². The summed E-state index contributed by atoms with van der Waals surface area (Å²) in [6.45, 7) is 7.25. The summed E-state index contributed by atoms with van der Waals surface area (Å²) >= 11 is 0. The molecule has 0 aliphatic heterocycles. The van der Waals surface area contributed by atoms with Gasteiger partial charge in [0.2, 0.25) is 0 Å². The molecule has 0 radical (unpaired) electrons. The van der Waals surface area contributed by atoms with Crippen molar-refractivity contribution >= 4 is 28.0 Å². The van der Waals surface area contributed by atoms with Crippen molar-refractivity contribution < 1.29 is 22.5 Å². The summed E-state index contributed by atoms with van der Waals surface area (Å²) in [5.74, 6) is 1.59. The smallest absolute Gasteiger partial charge is 0.263 e. The number of carbonyl (C=O) groups excluding carboxylic acids is 1. The number of sulfonamides is 1. The van der Waals surface area contributed by atoms with Gasteiger partial charge in [0.1, 0.15) is 23.4 Å². The molecule has 4 rings (SSSR count). The number of anilines is 1. The molecule has 42 heavy (non-hydrogen) atoms. The maximum Gasteiger partial charge on any atom is 0.263 e. The summed E-state index contributed by atoms with van der Waals surface area (Å²) in [5, 5.41) is 3.78. The number of aldehydes is 1. The highest BCUT2D eigenvalue weighted by molar-refractivity contribution is 7.92. The van der Waals surface area contributed by atoms with Gasteiger partial charge in [-0.3, -0.25) is 9.71 Å². The monoisotopic (exact) mass is 594 g/mol. The predicted octanol–water partition coefficient (Wildman–Crippen LogP) is 6.52. The van der Waals surface area contributed by atoms with Gasteiger partial charge in [-0.15, -0.1) is 0 Å². The first kappa shape index (κ1) is 31.4. The first-order valence-electron chi connectivity index (χ1n) is 14.7. The quantitative estimate of drug-likeness (QED) is 0.128. The average Bonchev–Trinajstić information content (AvgIpc) is 3.62. The van der Waals surface area contributed by atoms with Crippen LogP contribution in [-0.2, 0) is 32.7 Å². The molecule has 0 spiro atoms. The Bertz CT molecular complexity index is 1490. The van der Waals surface area contributed by atoms with Crippen molar-refractivity contribution in [2.75, 3.05) is 18.4 Å². The zero-order valence-corrected chi connectivity index (χ0v) is 25.9. The molecule has 0 atom stereocenters. The summed E-state index contributed by atoms with van der Waals surface area (Å²) in [6.07, 6.45) is 7.57. The lowest BCUT2D eigenvalue weighted by atomic mass is 9.97. The Morgan fingerprint density at radius 3 is 2.57 bits per heavy atom. The van der Waals surface area contributed by atoms with Crippen molar-refractivity contribution in [3.05, 3.63) is 65.4 Å². The van der Waals surface area contributed by atoms with Gasteiger partial charge in [-0.05, 0) is 55.9 Å². The maximum atomic E-state index is 13.4. The van der Waals surface area contributed by atoms with Gasteiger partial charge < -0.3 is 19.0 Å². The number of aryl methyl sites for hydroxylation is 1. The van der Waals surface area contributed by atoms with E-state index in [1.165, 1.54) is 6.07 Å². The number of rotatable bonds is 14. The van der Waals surface area contributed by atoms with Gasteiger partial charge in [0.05, 0.1) is 11.5 Å². The Balaban J connectivity index is 1.66. The van der Waals surface area contributed by atoms with E-state index >= 15 is 0 Å². The number of amidine groups is 1. The standard InChI is InChI=1S/C32H42N4O5S/c1-5-7-14-31(33-32(23-37)17-10-11-18-32)36(4)21-25-15-16-27(26(20-25)22-40-6-2)28-12-8-9-13-29(28)42(38,39)35-30-19-24(3)41-34-30/h8-9,12-13,15-16,19-20,23H,5-7,10-11,14,17-18,21-22H2,1-4H3,(H,34,35). The number of ether oxygens (including phenoxy) is 1. The van der Waals surface area contributed by atoms with Crippen LogP contribution in [0.4, 0.5) is 5.82 Å². The highest BCUT2D eigenvalue weighted by atomic mass is 32.2. The third-order valence-electron chi connectivity index (χ3n) is 7.62. The van der Waals surface area contributed by atoms with Gasteiger partial charge in [0, 0.05) is 38.2 Å². The minimum Gasteiger partial charge on any atom is -0.377 e. The molecule has 1 heterocycles. The van der Waals surface area contributed by atoms with Gasteiger partial charge in [-0.25, -0.2) is 8.42 Å². The van der Waals surface area contributed by atoms with Crippen molar-refractivity contribution in [2.24, 2.45) is 4.99 Å². The molecule has 1 aliphatic rings. The van der Waals surface area contributed by atoms with Crippen molar-refractivity contribution in [3.63, 3.8) is 0 Å². The molecule has 3 aromatic rings. The van der Waals surface area contributed by atoms with Crippen LogP contribution in [0, 0.1) is 6.92 Å². The van der Waals surface area contributed by atoms with E-state index in [1.807, 2.05) is 32.2 Å². The highest BCUT2D eigenvalue weighted by Crippen LogP contribution is 2.34. The third-order valence-corrected chi connectivity index (χ3v) is 9.03. The molecule has 9 nitrogen and oxygen atoms in total. The molecule has 0 amide bonds. The molecule has 1 aromatic heterocycles. The lowest BCUT2D eigenvalue weighted by molar-refractivity contribution is -0.112. The molecule has 2 aromatic carbocycles. The van der Waals surface area contributed by atoms with E-state index in [4.69, 9.17) is 14.3 Å². The lowest BCUT2D eigenvalue weighted by Gasteiger charge is -2.26. The minimum absolute atomic E-state index is 0.129. The van der Waals surface area contributed by atoms with Crippen molar-refractivity contribution in [1.82, 2.24) is 10.1 Å². The van der Waals surface area contributed by atoms with Crippen LogP contribution in [0.15, 0.2) is 62.9 Å². The molecule has 0 bridgehead atoms. The van der Waals surface area contributed by atoms with Crippen LogP contribution in [0.25, 0.3) is 11.1 Å². The fourth-order valence-corrected chi connectivity index (χ4v) is 6.61. The van der Waals surface area contributed by atoms with E-state index in [0.29, 0.717) is 31.1 Å². The zero-order valence-electron chi connectivity index (χ0n) is 25.1. The van der Waals surface area contributed by atoms with E-state index < -0.39 is 15.6 Å². The van der Waals surface area contributed by atoms with E-state index in [2.05, 4.69) is 27.8 Å². The Hall–Kier alpha value is -3.50. The van der Waals surface area contributed by atoms with Gasteiger partial charge in [0.25, 0.3) is 10.0 Å². The molecular formula is C32H42N4O5S. The van der Waals surface area contributed by atoms with Crippen LogP contribution < -0.4 is 4.72 Å². The highest BCUT2D eigenvalue weighted by Gasteiger charge is 2.34. The second-order valence-electron chi connectivity index (χ2n) is 11.0. The maximum absolute atomic E-state index is 13.4. The number of hydrogen-bond acceptors (Lipinski definition) is 7. The zero-order chi connectivity index (χ0) is 30.2. The molecular weight excluding hydrogens is 552 g/mol. The van der Waals surface area contributed by atoms with Crippen molar-refractivity contribution in [2.45, 2.75) is 89.3 Å². The summed E-state index contributed by atoms with van der Waals surface area (Å²) < 4.78 is 40.2. The number of nitrogens with one attached hydrogen (secondary N) is 1. The molecule has 0 unspecified atom stereocenters. The van der Waals surface area contributed by atoms with Gasteiger partial charge in [-0.2, -0.15) is 0 Å².